The lowest BCUT2D eigenvalue weighted by atomic mass is 9.78. The topological polar surface area (TPSA) is 97.1 Å². The maximum Gasteiger partial charge on any atom is 0.494 e. The number of benzene rings is 1. The molecule has 3 unspecified atom stereocenters. The van der Waals surface area contributed by atoms with Crippen LogP contribution in [-0.2, 0) is 15.9 Å². The van der Waals surface area contributed by atoms with Gasteiger partial charge in [-0.1, -0.05) is 19.4 Å². The van der Waals surface area contributed by atoms with E-state index in [1.807, 2.05) is 66.7 Å². The summed E-state index contributed by atoms with van der Waals surface area (Å²) in [7, 11) is -0.551. The minimum absolute atomic E-state index is 0.0766. The first-order valence-corrected chi connectivity index (χ1v) is 13.5. The Morgan fingerprint density at radius 1 is 1.14 bits per heavy atom. The van der Waals surface area contributed by atoms with Crippen LogP contribution in [0.25, 0.3) is 10.9 Å². The van der Waals surface area contributed by atoms with Gasteiger partial charge in [0.25, 0.3) is 5.56 Å². The minimum Gasteiger partial charge on any atom is -0.465 e. The highest BCUT2D eigenvalue weighted by Crippen LogP contribution is 2.36. The van der Waals surface area contributed by atoms with E-state index in [0.717, 1.165) is 24.1 Å². The van der Waals surface area contributed by atoms with E-state index in [-0.39, 0.29) is 23.7 Å². The van der Waals surface area contributed by atoms with Crippen LogP contribution in [-0.4, -0.2) is 74.0 Å². The molecule has 202 valence electrons. The summed E-state index contributed by atoms with van der Waals surface area (Å²) in [4.78, 5) is 34.4. The van der Waals surface area contributed by atoms with Crippen molar-refractivity contribution in [1.82, 2.24) is 19.4 Å². The molecule has 3 heterocycles. The van der Waals surface area contributed by atoms with Crippen LogP contribution in [0.5, 0.6) is 0 Å². The highest BCUT2D eigenvalue weighted by molar-refractivity contribution is 6.62. The van der Waals surface area contributed by atoms with Crippen LogP contribution in [0.4, 0.5) is 4.79 Å². The van der Waals surface area contributed by atoms with E-state index in [9.17, 15) is 14.7 Å². The Bertz CT molecular complexity index is 1200. The van der Waals surface area contributed by atoms with Gasteiger partial charge in [-0.15, -0.1) is 0 Å². The number of hydrogen-bond donors (Lipinski definition) is 1. The maximum absolute atomic E-state index is 13.8. The average Bonchev–Trinajstić information content (AvgIpc) is 3.03. The number of carbonyl (C=O) groups is 1. The molecule has 0 spiro atoms. The fourth-order valence-corrected chi connectivity index (χ4v) is 5.69. The zero-order valence-corrected chi connectivity index (χ0v) is 23.4. The van der Waals surface area contributed by atoms with E-state index >= 15 is 0 Å². The van der Waals surface area contributed by atoms with Gasteiger partial charge in [-0.3, -0.25) is 14.3 Å². The molecule has 2 saturated heterocycles. The third kappa shape index (κ3) is 4.91. The van der Waals surface area contributed by atoms with Crippen molar-refractivity contribution in [2.24, 2.45) is 0 Å². The first-order chi connectivity index (χ1) is 17.3. The van der Waals surface area contributed by atoms with Crippen molar-refractivity contribution in [1.29, 1.82) is 0 Å². The molecule has 10 heteroatoms. The van der Waals surface area contributed by atoms with E-state index in [4.69, 9.17) is 14.3 Å². The number of fused-ring (bicyclic) bond motifs is 1. The van der Waals surface area contributed by atoms with Gasteiger partial charge in [0.05, 0.1) is 28.1 Å². The number of carboxylic acid groups (broad SMARTS) is 1. The van der Waals surface area contributed by atoms with Crippen molar-refractivity contribution in [3.8, 4) is 0 Å². The molecule has 0 saturated carbocycles. The smallest absolute Gasteiger partial charge is 0.465 e. The maximum atomic E-state index is 13.8. The zero-order chi connectivity index (χ0) is 27.3. The van der Waals surface area contributed by atoms with Gasteiger partial charge in [0.1, 0.15) is 5.82 Å². The number of amides is 1. The van der Waals surface area contributed by atoms with Gasteiger partial charge in [-0.05, 0) is 72.5 Å². The number of aromatic nitrogens is 2. The first-order valence-electron chi connectivity index (χ1n) is 13.5. The predicted molar refractivity (Wildman–Crippen MR) is 145 cm³/mol. The summed E-state index contributed by atoms with van der Waals surface area (Å²) < 4.78 is 14.2. The summed E-state index contributed by atoms with van der Waals surface area (Å²) in [5.74, 6) is 0.744. The summed E-state index contributed by atoms with van der Waals surface area (Å²) >= 11 is 0. The lowest BCUT2D eigenvalue weighted by Crippen LogP contribution is -2.59. The number of piperazine rings is 1. The third-order valence-electron chi connectivity index (χ3n) is 8.32. The molecule has 4 rings (SSSR count). The van der Waals surface area contributed by atoms with Crippen molar-refractivity contribution in [2.45, 2.75) is 104 Å². The standard InChI is InChI=1S/C27H41BN4O5/c1-9-11-22(30-15-17(3)32(25(34)35)18(4)16-30)23-29-21-13-12-19(14-20(21)24(33)31(23)10-2)28-36-26(5,6)27(7,8)37-28/h12-14,17-18,22H,9-11,15-16H2,1-8H3,(H,34,35). The first kappa shape index (κ1) is 27.6. The Morgan fingerprint density at radius 2 is 1.73 bits per heavy atom. The lowest BCUT2D eigenvalue weighted by Gasteiger charge is -2.45. The van der Waals surface area contributed by atoms with Crippen LogP contribution in [0, 0.1) is 0 Å². The van der Waals surface area contributed by atoms with E-state index in [1.54, 1.807) is 4.57 Å². The van der Waals surface area contributed by atoms with Gasteiger partial charge in [0, 0.05) is 31.7 Å². The van der Waals surface area contributed by atoms with E-state index in [1.165, 1.54) is 4.90 Å². The van der Waals surface area contributed by atoms with Crippen molar-refractivity contribution in [2.75, 3.05) is 13.1 Å². The van der Waals surface area contributed by atoms with Crippen LogP contribution in [0.2, 0.25) is 0 Å². The number of nitrogens with zero attached hydrogens (tertiary/aromatic N) is 4. The van der Waals surface area contributed by atoms with Crippen LogP contribution < -0.4 is 11.0 Å². The molecule has 3 atom stereocenters. The Morgan fingerprint density at radius 3 is 2.24 bits per heavy atom. The van der Waals surface area contributed by atoms with Crippen LogP contribution in [0.3, 0.4) is 0 Å². The Balaban J connectivity index is 1.74. The Labute approximate surface area is 219 Å². The number of rotatable bonds is 6. The molecule has 1 aromatic heterocycles. The molecular weight excluding hydrogens is 471 g/mol. The second-order valence-electron chi connectivity index (χ2n) is 11.5. The summed E-state index contributed by atoms with van der Waals surface area (Å²) in [5.41, 5.74) is 0.441. The summed E-state index contributed by atoms with van der Waals surface area (Å²) in [6, 6.07) is 5.30. The van der Waals surface area contributed by atoms with Crippen LogP contribution in [0.1, 0.15) is 80.1 Å². The highest BCUT2D eigenvalue weighted by Gasteiger charge is 2.51. The molecule has 0 bridgehead atoms. The summed E-state index contributed by atoms with van der Waals surface area (Å²) in [5, 5.41) is 10.2. The van der Waals surface area contributed by atoms with Gasteiger partial charge in [0.15, 0.2) is 0 Å². The molecule has 0 aliphatic carbocycles. The van der Waals surface area contributed by atoms with Crippen molar-refractivity contribution < 1.29 is 19.2 Å². The minimum atomic E-state index is -0.890. The van der Waals surface area contributed by atoms with Gasteiger partial charge >= 0.3 is 13.2 Å². The molecule has 37 heavy (non-hydrogen) atoms. The molecule has 1 N–H and O–H groups in total. The molecule has 2 aliphatic heterocycles. The Kier molecular flexibility index (Phi) is 7.49. The molecule has 1 aromatic carbocycles. The largest absolute Gasteiger partial charge is 0.494 e. The van der Waals surface area contributed by atoms with Crippen LogP contribution >= 0.6 is 0 Å². The van der Waals surface area contributed by atoms with Crippen molar-refractivity contribution in [3.05, 3.63) is 34.4 Å². The fourth-order valence-electron chi connectivity index (χ4n) is 5.69. The number of hydrogen-bond acceptors (Lipinski definition) is 6. The molecular formula is C27H41BN4O5. The van der Waals surface area contributed by atoms with E-state index in [0.29, 0.717) is 30.5 Å². The van der Waals surface area contributed by atoms with Crippen molar-refractivity contribution in [3.63, 3.8) is 0 Å². The average molecular weight is 512 g/mol. The monoisotopic (exact) mass is 512 g/mol. The van der Waals surface area contributed by atoms with Gasteiger partial charge < -0.3 is 19.3 Å². The highest BCUT2D eigenvalue weighted by atomic mass is 16.7. The zero-order valence-electron chi connectivity index (χ0n) is 23.4. The van der Waals surface area contributed by atoms with E-state index < -0.39 is 24.4 Å². The Hall–Kier alpha value is -2.43. The summed E-state index contributed by atoms with van der Waals surface area (Å²) in [6.45, 7) is 17.7. The van der Waals surface area contributed by atoms with Crippen LogP contribution in [0.15, 0.2) is 23.0 Å². The predicted octanol–water partition coefficient (Wildman–Crippen LogP) is 3.63. The molecule has 2 fully saturated rings. The van der Waals surface area contributed by atoms with Gasteiger partial charge in [0.2, 0.25) is 0 Å². The second-order valence-corrected chi connectivity index (χ2v) is 11.5. The van der Waals surface area contributed by atoms with Gasteiger partial charge in [-0.25, -0.2) is 9.78 Å². The summed E-state index contributed by atoms with van der Waals surface area (Å²) in [6.07, 6.45) is 0.862. The molecule has 0 radical (unpaired) electrons. The second kappa shape index (κ2) is 10.0. The molecule has 2 aliphatic rings. The van der Waals surface area contributed by atoms with Crippen molar-refractivity contribution >= 4 is 29.6 Å². The van der Waals surface area contributed by atoms with E-state index in [2.05, 4.69) is 11.8 Å². The van der Waals surface area contributed by atoms with Gasteiger partial charge in [-0.2, -0.15) is 0 Å². The molecule has 9 nitrogen and oxygen atoms in total. The normalized spacial score (nSPS) is 24.5. The fraction of sp³-hybridized carbons (Fsp3) is 0.667. The SMILES string of the molecule is CCCC(c1nc2ccc(B3OC(C)(C)C(C)(C)O3)cc2c(=O)n1CC)N1CC(C)N(C(=O)O)C(C)C1. The lowest BCUT2D eigenvalue weighted by molar-refractivity contribution is 0.00578. The quantitative estimate of drug-likeness (QED) is 0.591. The third-order valence-corrected chi connectivity index (χ3v) is 8.32. The molecule has 2 aromatic rings. The molecule has 1 amide bonds.